The van der Waals surface area contributed by atoms with Crippen molar-refractivity contribution in [3.63, 3.8) is 0 Å². The van der Waals surface area contributed by atoms with Crippen LogP contribution in [0.5, 0.6) is 0 Å². The first-order valence-corrected chi connectivity index (χ1v) is 7.31. The molecule has 4 heteroatoms. The Balaban J connectivity index is 1.74. The molecule has 0 bridgehead atoms. The van der Waals surface area contributed by atoms with Crippen molar-refractivity contribution < 1.29 is 9.59 Å². The SMILES string of the molecule is CC1(NC(=O)c2ccc3c(c2)NC(=O)C3)CCCCC1. The fourth-order valence-electron chi connectivity index (χ4n) is 3.16. The topological polar surface area (TPSA) is 58.2 Å². The molecular formula is C16H20N2O2. The van der Waals surface area contributed by atoms with E-state index in [9.17, 15) is 9.59 Å². The standard InChI is InChI=1S/C16H20N2O2/c1-16(7-3-2-4-8-16)18-15(20)12-6-5-11-10-14(19)17-13(11)9-12/h5-6,9H,2-4,7-8,10H2,1H3,(H,17,19)(H,18,20). The van der Waals surface area contributed by atoms with Gasteiger partial charge in [0.05, 0.1) is 6.42 Å². The third-order valence-corrected chi connectivity index (χ3v) is 4.37. The van der Waals surface area contributed by atoms with Crippen molar-refractivity contribution in [1.29, 1.82) is 0 Å². The largest absolute Gasteiger partial charge is 0.347 e. The number of fused-ring (bicyclic) bond motifs is 1. The van der Waals surface area contributed by atoms with E-state index in [4.69, 9.17) is 0 Å². The monoisotopic (exact) mass is 272 g/mol. The number of carbonyl (C=O) groups is 2. The van der Waals surface area contributed by atoms with E-state index in [2.05, 4.69) is 17.6 Å². The van der Waals surface area contributed by atoms with Crippen molar-refractivity contribution in [2.75, 3.05) is 5.32 Å². The van der Waals surface area contributed by atoms with Gasteiger partial charge in [0.2, 0.25) is 5.91 Å². The lowest BCUT2D eigenvalue weighted by atomic mass is 9.83. The van der Waals surface area contributed by atoms with Crippen LogP contribution in [0, 0.1) is 0 Å². The molecule has 2 aliphatic rings. The lowest BCUT2D eigenvalue weighted by Gasteiger charge is -2.34. The summed E-state index contributed by atoms with van der Waals surface area (Å²) in [7, 11) is 0. The number of anilines is 1. The molecule has 1 aromatic carbocycles. The van der Waals surface area contributed by atoms with Crippen molar-refractivity contribution in [3.05, 3.63) is 29.3 Å². The summed E-state index contributed by atoms with van der Waals surface area (Å²) in [4.78, 5) is 23.7. The van der Waals surface area contributed by atoms with Gasteiger partial charge < -0.3 is 10.6 Å². The molecule has 20 heavy (non-hydrogen) atoms. The molecule has 0 aromatic heterocycles. The molecule has 1 aliphatic heterocycles. The Hall–Kier alpha value is -1.84. The van der Waals surface area contributed by atoms with Gasteiger partial charge in [0.1, 0.15) is 0 Å². The number of amides is 2. The Morgan fingerprint density at radius 1 is 1.25 bits per heavy atom. The zero-order valence-corrected chi connectivity index (χ0v) is 11.8. The lowest BCUT2D eigenvalue weighted by Crippen LogP contribution is -2.47. The highest BCUT2D eigenvalue weighted by molar-refractivity contribution is 6.02. The molecule has 0 unspecified atom stereocenters. The highest BCUT2D eigenvalue weighted by atomic mass is 16.2. The molecule has 1 heterocycles. The number of carbonyl (C=O) groups excluding carboxylic acids is 2. The zero-order valence-electron chi connectivity index (χ0n) is 11.8. The van der Waals surface area contributed by atoms with Gasteiger partial charge in [0.25, 0.3) is 5.91 Å². The van der Waals surface area contributed by atoms with Crippen molar-refractivity contribution in [2.45, 2.75) is 51.0 Å². The molecule has 0 radical (unpaired) electrons. The minimum Gasteiger partial charge on any atom is -0.347 e. The predicted molar refractivity (Wildman–Crippen MR) is 77.7 cm³/mol. The molecule has 1 saturated carbocycles. The second-order valence-electron chi connectivity index (χ2n) is 6.17. The molecule has 0 saturated heterocycles. The Bertz CT molecular complexity index is 560. The van der Waals surface area contributed by atoms with Crippen molar-refractivity contribution in [2.24, 2.45) is 0 Å². The van der Waals surface area contributed by atoms with E-state index >= 15 is 0 Å². The number of nitrogens with one attached hydrogen (secondary N) is 2. The summed E-state index contributed by atoms with van der Waals surface area (Å²) in [6, 6.07) is 5.45. The summed E-state index contributed by atoms with van der Waals surface area (Å²) >= 11 is 0. The molecular weight excluding hydrogens is 252 g/mol. The summed E-state index contributed by atoms with van der Waals surface area (Å²) in [6.07, 6.45) is 6.11. The van der Waals surface area contributed by atoms with Crippen LogP contribution < -0.4 is 10.6 Å². The minimum absolute atomic E-state index is 0.00296. The van der Waals surface area contributed by atoms with Gasteiger partial charge >= 0.3 is 0 Å². The second-order valence-corrected chi connectivity index (χ2v) is 6.17. The molecule has 2 amide bonds. The molecule has 1 aromatic rings. The van der Waals surface area contributed by atoms with Crippen LogP contribution in [0.15, 0.2) is 18.2 Å². The fourth-order valence-corrected chi connectivity index (χ4v) is 3.16. The highest BCUT2D eigenvalue weighted by Gasteiger charge is 2.29. The van der Waals surface area contributed by atoms with Crippen LogP contribution in [-0.2, 0) is 11.2 Å². The van der Waals surface area contributed by atoms with Gasteiger partial charge in [-0.25, -0.2) is 0 Å². The van der Waals surface area contributed by atoms with Crippen molar-refractivity contribution >= 4 is 17.5 Å². The van der Waals surface area contributed by atoms with Gasteiger partial charge in [-0.15, -0.1) is 0 Å². The van der Waals surface area contributed by atoms with E-state index in [0.29, 0.717) is 12.0 Å². The first-order chi connectivity index (χ1) is 9.56. The normalized spacial score (nSPS) is 20.1. The second kappa shape index (κ2) is 4.93. The average molecular weight is 272 g/mol. The zero-order chi connectivity index (χ0) is 14.2. The smallest absolute Gasteiger partial charge is 0.251 e. The van der Waals surface area contributed by atoms with Gasteiger partial charge in [-0.05, 0) is 37.5 Å². The molecule has 0 atom stereocenters. The van der Waals surface area contributed by atoms with Crippen LogP contribution in [0.4, 0.5) is 5.69 Å². The highest BCUT2D eigenvalue weighted by Crippen LogP contribution is 2.29. The van der Waals surface area contributed by atoms with Gasteiger partial charge in [0.15, 0.2) is 0 Å². The number of benzene rings is 1. The summed E-state index contributed by atoms with van der Waals surface area (Å²) in [5.74, 6) is -0.0462. The van der Waals surface area contributed by atoms with E-state index in [-0.39, 0.29) is 17.4 Å². The van der Waals surface area contributed by atoms with E-state index < -0.39 is 0 Å². The minimum atomic E-state index is -0.0857. The lowest BCUT2D eigenvalue weighted by molar-refractivity contribution is -0.115. The molecule has 1 fully saturated rings. The van der Waals surface area contributed by atoms with Gasteiger partial charge in [-0.1, -0.05) is 25.3 Å². The van der Waals surface area contributed by atoms with Crippen molar-refractivity contribution in [1.82, 2.24) is 5.32 Å². The third-order valence-electron chi connectivity index (χ3n) is 4.37. The van der Waals surface area contributed by atoms with E-state index in [1.165, 1.54) is 19.3 Å². The third kappa shape index (κ3) is 2.55. The van der Waals surface area contributed by atoms with Crippen LogP contribution in [0.1, 0.15) is 54.9 Å². The van der Waals surface area contributed by atoms with Gasteiger partial charge in [0, 0.05) is 16.8 Å². The Labute approximate surface area is 118 Å². The first-order valence-electron chi connectivity index (χ1n) is 7.31. The average Bonchev–Trinajstić information content (AvgIpc) is 2.78. The predicted octanol–water partition coefficient (Wildman–Crippen LogP) is 2.63. The van der Waals surface area contributed by atoms with E-state index in [1.807, 2.05) is 6.07 Å². The van der Waals surface area contributed by atoms with Crippen LogP contribution in [-0.4, -0.2) is 17.4 Å². The van der Waals surface area contributed by atoms with Gasteiger partial charge in [-0.2, -0.15) is 0 Å². The molecule has 3 rings (SSSR count). The number of hydrogen-bond donors (Lipinski definition) is 2. The maximum absolute atomic E-state index is 12.4. The molecule has 0 spiro atoms. The van der Waals surface area contributed by atoms with Gasteiger partial charge in [-0.3, -0.25) is 9.59 Å². The maximum Gasteiger partial charge on any atom is 0.251 e. The Morgan fingerprint density at radius 3 is 2.75 bits per heavy atom. The Morgan fingerprint density at radius 2 is 2.00 bits per heavy atom. The summed E-state index contributed by atoms with van der Waals surface area (Å²) in [5.41, 5.74) is 2.28. The van der Waals surface area contributed by atoms with Crippen LogP contribution in [0.3, 0.4) is 0 Å². The van der Waals surface area contributed by atoms with Crippen LogP contribution in [0.2, 0.25) is 0 Å². The quantitative estimate of drug-likeness (QED) is 0.869. The number of hydrogen-bond acceptors (Lipinski definition) is 2. The molecule has 2 N–H and O–H groups in total. The number of rotatable bonds is 2. The van der Waals surface area contributed by atoms with Crippen LogP contribution in [0.25, 0.3) is 0 Å². The summed E-state index contributed by atoms with van der Waals surface area (Å²) in [5, 5.41) is 5.95. The Kier molecular flexibility index (Phi) is 3.24. The van der Waals surface area contributed by atoms with E-state index in [1.54, 1.807) is 12.1 Å². The fraction of sp³-hybridized carbons (Fsp3) is 0.500. The van der Waals surface area contributed by atoms with Crippen LogP contribution >= 0.6 is 0 Å². The molecule has 4 nitrogen and oxygen atoms in total. The summed E-state index contributed by atoms with van der Waals surface area (Å²) < 4.78 is 0. The van der Waals surface area contributed by atoms with Crippen molar-refractivity contribution in [3.8, 4) is 0 Å². The molecule has 1 aliphatic carbocycles. The maximum atomic E-state index is 12.4. The van der Waals surface area contributed by atoms with E-state index in [0.717, 1.165) is 24.1 Å². The summed E-state index contributed by atoms with van der Waals surface area (Å²) in [6.45, 7) is 2.12. The molecule has 106 valence electrons. The first kappa shape index (κ1) is 13.2.